The molecule has 0 radical (unpaired) electrons. The van der Waals surface area contributed by atoms with E-state index < -0.39 is 87.1 Å². The fourth-order valence-electron chi connectivity index (χ4n) is 4.76. The lowest BCUT2D eigenvalue weighted by atomic mass is 9.74. The average molecular weight is 799 g/mol. The van der Waals surface area contributed by atoms with Crippen molar-refractivity contribution in [2.75, 3.05) is 18.3 Å². The van der Waals surface area contributed by atoms with Crippen molar-refractivity contribution < 1.29 is 61.4 Å². The molecule has 0 amide bonds. The average Bonchev–Trinajstić information content (AvgIpc) is 2.84. The first kappa shape index (κ1) is 46.8. The van der Waals surface area contributed by atoms with Gasteiger partial charge in [-0.25, -0.2) is 25.6 Å². The predicted molar refractivity (Wildman–Crippen MR) is 179 cm³/mol. The molecule has 1 fully saturated rings. The van der Waals surface area contributed by atoms with Crippen molar-refractivity contribution in [2.45, 2.75) is 47.6 Å². The first-order valence-electron chi connectivity index (χ1n) is 12.1. The zero-order valence-electron chi connectivity index (χ0n) is 24.2. The molecule has 266 valence electrons. The lowest BCUT2D eigenvalue weighted by Crippen LogP contribution is -2.47. The summed E-state index contributed by atoms with van der Waals surface area (Å²) in [5, 5.41) is 5.49. The summed E-state index contributed by atoms with van der Waals surface area (Å²) in [5.41, 5.74) is 3.89. The van der Waals surface area contributed by atoms with Gasteiger partial charge in [0.05, 0.1) is 32.9 Å². The van der Waals surface area contributed by atoms with Gasteiger partial charge in [0.2, 0.25) is 0 Å². The Hall–Kier alpha value is -1.27. The summed E-state index contributed by atoms with van der Waals surface area (Å²) in [6.45, 7) is 0. The maximum absolute atomic E-state index is 15.2. The van der Waals surface area contributed by atoms with E-state index in [9.17, 15) is 34.4 Å². The van der Waals surface area contributed by atoms with Crippen LogP contribution in [-0.2, 0) is 45.2 Å². The lowest BCUT2D eigenvalue weighted by molar-refractivity contribution is -0.137. The molecular weight excluding hydrogens is 764 g/mol. The molecule has 0 aromatic heterocycles. The summed E-state index contributed by atoms with van der Waals surface area (Å²) >= 11 is 1.03. The molecule has 1 aliphatic rings. The second kappa shape index (κ2) is 17.9. The molecule has 0 unspecified atom stereocenters. The van der Waals surface area contributed by atoms with Crippen LogP contribution in [0.15, 0.2) is 47.4 Å². The van der Waals surface area contributed by atoms with Gasteiger partial charge in [-0.15, -0.1) is 0 Å². The Bertz CT molecular complexity index is 1640. The highest BCUT2D eigenvalue weighted by molar-refractivity contribution is 8.13. The molecule has 46 heavy (non-hydrogen) atoms. The molecular formula is C24H35F5N2O8S7. The van der Waals surface area contributed by atoms with Gasteiger partial charge >= 0.3 is 6.18 Å². The van der Waals surface area contributed by atoms with Gasteiger partial charge in [-0.2, -0.15) is 62.1 Å². The normalized spacial score (nSPS) is 20.1. The molecule has 1 aliphatic carbocycles. The zero-order valence-corrected chi connectivity index (χ0v) is 30.4. The molecule has 2 aromatic carbocycles. The van der Waals surface area contributed by atoms with Gasteiger partial charge in [0.1, 0.15) is 16.4 Å². The van der Waals surface area contributed by atoms with Crippen LogP contribution in [0.2, 0.25) is 0 Å². The van der Waals surface area contributed by atoms with Gasteiger partial charge in [-0.1, -0.05) is 0 Å². The summed E-state index contributed by atoms with van der Waals surface area (Å²) in [7, 11) is -12.5. The number of hydrogen-bond acceptors (Lipinski definition) is 9. The van der Waals surface area contributed by atoms with Crippen LogP contribution in [0.4, 0.5) is 22.0 Å². The topological polar surface area (TPSA) is 186 Å². The Morgan fingerprint density at radius 1 is 1.02 bits per heavy atom. The van der Waals surface area contributed by atoms with E-state index in [2.05, 4.69) is 0 Å². The van der Waals surface area contributed by atoms with Gasteiger partial charge < -0.3 is 4.55 Å². The third-order valence-electron chi connectivity index (χ3n) is 6.43. The number of rotatable bonds is 8. The van der Waals surface area contributed by atoms with Gasteiger partial charge in [-0.05, 0) is 85.8 Å². The first-order valence-corrected chi connectivity index (χ1v) is 18.2. The number of nitrogens with two attached hydrogens (primary N) is 2. The smallest absolute Gasteiger partial charge is 0.416 e. The number of thioether (sulfide) groups is 1. The lowest BCUT2D eigenvalue weighted by Gasteiger charge is -2.44. The first-order chi connectivity index (χ1) is 19.5. The Labute approximate surface area is 290 Å². The van der Waals surface area contributed by atoms with Crippen molar-refractivity contribution in [3.8, 4) is 0 Å². The molecule has 0 heterocycles. The maximum atomic E-state index is 15.2. The summed E-state index contributed by atoms with van der Waals surface area (Å²) in [6, 6.07) is 5.04. The van der Waals surface area contributed by atoms with Gasteiger partial charge in [-0.3, -0.25) is 15.3 Å². The minimum Gasteiger partial charge on any atom is -0.748 e. The van der Waals surface area contributed by atoms with Crippen molar-refractivity contribution in [1.82, 2.24) is 0 Å². The van der Waals surface area contributed by atoms with Crippen molar-refractivity contribution in [1.29, 1.82) is 0 Å². The zero-order chi connectivity index (χ0) is 33.0. The fraction of sp³-hybridized carbons (Fsp3) is 0.458. The summed E-state index contributed by atoms with van der Waals surface area (Å²) in [5.74, 6) is -2.52. The molecule has 0 bridgehead atoms. The van der Waals surface area contributed by atoms with E-state index in [-0.39, 0.29) is 70.7 Å². The molecule has 22 heteroatoms. The Balaban J connectivity index is 0. The largest absolute Gasteiger partial charge is 0.748 e. The van der Waals surface area contributed by atoms with Crippen LogP contribution in [0.3, 0.4) is 0 Å². The van der Waals surface area contributed by atoms with Crippen LogP contribution in [0.5, 0.6) is 0 Å². The minimum atomic E-state index is -4.72. The SMILES string of the molecule is CS(=O)(=O)O[C@H]1CC[C@](c2cc(F)ccc2F)(S(=O)(=O)c2ccc(C(F)(F)F)cc2)C[C@@H]1CCSC(N)=[NH2+].CS(=O)(=O)[O-].S.S.S. The monoisotopic (exact) mass is 798 g/mol. The molecule has 2 aromatic rings. The third-order valence-corrected chi connectivity index (χ3v) is 10.3. The number of sulfone groups is 1. The highest BCUT2D eigenvalue weighted by Crippen LogP contribution is 2.51. The number of alkyl halides is 3. The standard InChI is InChI=1S/C23H25F5N2O5S3.CH4O3S.3H2S/c1-37(31,32)35-20-8-10-22(13-14(20)9-11-36-21(29)30,18-12-16(24)4-7-19(18)25)38(33,34)17-5-2-15(3-6-17)23(26,27)28;1-5(2,3)4;;;/h2-7,12,14,20H,8-11,13H2,1H3,(H3,29,30);1H3,(H,2,3,4);3*1H2/t14-,20-,22-;;;;/m0..../s1. The van der Waals surface area contributed by atoms with Crippen LogP contribution in [0, 0.1) is 17.6 Å². The number of halogens is 5. The molecule has 3 rings (SSSR count). The maximum Gasteiger partial charge on any atom is 0.416 e. The van der Waals surface area contributed by atoms with Crippen molar-refractivity contribution >= 4 is 87.5 Å². The predicted octanol–water partition coefficient (Wildman–Crippen LogP) is 2.49. The van der Waals surface area contributed by atoms with E-state index in [1.807, 2.05) is 0 Å². The van der Waals surface area contributed by atoms with E-state index >= 15 is 4.39 Å². The van der Waals surface area contributed by atoms with Crippen LogP contribution < -0.4 is 11.1 Å². The van der Waals surface area contributed by atoms with Crippen LogP contribution >= 0.6 is 52.2 Å². The molecule has 4 N–H and O–H groups in total. The highest BCUT2D eigenvalue weighted by Gasteiger charge is 2.53. The van der Waals surface area contributed by atoms with Crippen molar-refractivity contribution in [2.24, 2.45) is 11.7 Å². The van der Waals surface area contributed by atoms with Crippen LogP contribution in [0.1, 0.15) is 36.8 Å². The van der Waals surface area contributed by atoms with Gasteiger partial charge in [0.25, 0.3) is 15.3 Å². The Morgan fingerprint density at radius 3 is 2.00 bits per heavy atom. The van der Waals surface area contributed by atoms with Gasteiger partial charge in [0, 0.05) is 17.6 Å². The van der Waals surface area contributed by atoms with Crippen molar-refractivity contribution in [3.63, 3.8) is 0 Å². The molecule has 0 spiro atoms. The second-order valence-electron chi connectivity index (χ2n) is 9.73. The van der Waals surface area contributed by atoms with E-state index in [1.165, 1.54) is 0 Å². The molecule has 0 saturated heterocycles. The van der Waals surface area contributed by atoms with E-state index in [4.69, 9.17) is 28.3 Å². The summed E-state index contributed by atoms with van der Waals surface area (Å²) in [6.07, 6.45) is -5.10. The summed E-state index contributed by atoms with van der Waals surface area (Å²) < 4.78 is 151. The minimum absolute atomic E-state index is 0. The third kappa shape index (κ3) is 13.3. The molecule has 3 atom stereocenters. The Kier molecular flexibility index (Phi) is 18.3. The second-order valence-corrected chi connectivity index (χ2v) is 16.2. The number of hydrogen-bond donors (Lipinski definition) is 2. The van der Waals surface area contributed by atoms with E-state index in [0.717, 1.165) is 48.3 Å². The quantitative estimate of drug-likeness (QED) is 0.132. The van der Waals surface area contributed by atoms with Gasteiger partial charge in [0.15, 0.2) is 9.84 Å². The van der Waals surface area contributed by atoms with E-state index in [1.54, 1.807) is 0 Å². The van der Waals surface area contributed by atoms with Crippen molar-refractivity contribution in [3.05, 3.63) is 65.2 Å². The van der Waals surface area contributed by atoms with Crippen LogP contribution in [0.25, 0.3) is 0 Å². The summed E-state index contributed by atoms with van der Waals surface area (Å²) in [4.78, 5) is -0.524. The Morgan fingerprint density at radius 2 is 1.54 bits per heavy atom. The molecule has 1 saturated carbocycles. The highest BCUT2D eigenvalue weighted by atomic mass is 32.2. The van der Waals surface area contributed by atoms with Crippen LogP contribution in [-0.4, -0.2) is 59.3 Å². The molecule has 10 nitrogen and oxygen atoms in total. The molecule has 0 aliphatic heterocycles. The number of benzene rings is 2. The fourth-order valence-corrected chi connectivity index (χ4v) is 8.33. The van der Waals surface area contributed by atoms with E-state index in [0.29, 0.717) is 18.4 Å². The number of amidine groups is 1.